The van der Waals surface area contributed by atoms with Crippen LogP contribution in [0.3, 0.4) is 0 Å². The van der Waals surface area contributed by atoms with Gasteiger partial charge in [0.05, 0.1) is 0 Å². The molecule has 64 valence electrons. The van der Waals surface area contributed by atoms with E-state index in [0.717, 1.165) is 0 Å². The summed E-state index contributed by atoms with van der Waals surface area (Å²) in [6.07, 6.45) is 0. The molecule has 4 rings (SSSR count). The number of fused-ring (bicyclic) bond motifs is 1. The Labute approximate surface area is 74.4 Å². The molecular weight excluding hydrogens is 144 g/mol. The molecule has 0 aromatic carbocycles. The third-order valence-electron chi connectivity index (χ3n) is 6.45. The highest BCUT2D eigenvalue weighted by atomic mass is 15.1. The lowest BCUT2D eigenvalue weighted by Crippen LogP contribution is -2.19. The molecule has 0 aromatic heterocycles. The summed E-state index contributed by atoms with van der Waals surface area (Å²) >= 11 is 0. The summed E-state index contributed by atoms with van der Waals surface area (Å²) in [4.78, 5) is 0. The maximum Gasteiger partial charge on any atom is 0.00580 e. The van der Waals surface area contributed by atoms with Gasteiger partial charge in [-0.1, -0.05) is 40.9 Å². The van der Waals surface area contributed by atoms with Crippen molar-refractivity contribution in [2.75, 3.05) is 0 Å². The second kappa shape index (κ2) is 1.08. The van der Waals surface area contributed by atoms with Crippen LogP contribution in [0.15, 0.2) is 24.3 Å². The minimum Gasteiger partial charge on any atom is -0.0950 e. The molecule has 4 aliphatic rings. The molecule has 2 bridgehead atoms. The fourth-order valence-electron chi connectivity index (χ4n) is 5.00. The van der Waals surface area contributed by atoms with Gasteiger partial charge in [-0.15, -0.1) is 0 Å². The van der Waals surface area contributed by atoms with Crippen molar-refractivity contribution < 1.29 is 0 Å². The van der Waals surface area contributed by atoms with Crippen LogP contribution >= 0.6 is 0 Å². The Balaban J connectivity index is 2.33. The Morgan fingerprint density at radius 2 is 1.00 bits per heavy atom. The second-order valence-corrected chi connectivity index (χ2v) is 5.46. The number of hydrogen-bond donors (Lipinski definition) is 0. The van der Waals surface area contributed by atoms with Crippen LogP contribution in [-0.4, -0.2) is 0 Å². The van der Waals surface area contributed by atoms with Gasteiger partial charge in [0.25, 0.3) is 0 Å². The molecule has 0 saturated heterocycles. The van der Waals surface area contributed by atoms with Crippen LogP contribution < -0.4 is 0 Å². The van der Waals surface area contributed by atoms with Gasteiger partial charge in [0, 0.05) is 10.8 Å². The van der Waals surface area contributed by atoms with Crippen LogP contribution in [0.4, 0.5) is 0 Å². The third-order valence-corrected chi connectivity index (χ3v) is 6.45. The van der Waals surface area contributed by atoms with Gasteiger partial charge in [0.15, 0.2) is 0 Å². The average Bonchev–Trinajstić information content (AvgIpc) is 2.59. The first-order valence-electron chi connectivity index (χ1n) is 4.71. The molecule has 4 fully saturated rings. The average molecular weight is 160 g/mol. The van der Waals surface area contributed by atoms with Crippen LogP contribution in [0.5, 0.6) is 0 Å². The zero-order valence-electron chi connectivity index (χ0n) is 8.41. The number of hydrogen-bond acceptors (Lipinski definition) is 0. The predicted octanol–water partition coefficient (Wildman–Crippen LogP) is 3.16. The Kier molecular flexibility index (Phi) is 0.627. The first-order valence-corrected chi connectivity index (χ1v) is 4.71. The molecule has 0 spiro atoms. The lowest BCUT2D eigenvalue weighted by molar-refractivity contribution is 0.270. The van der Waals surface area contributed by atoms with Crippen LogP contribution in [0, 0.1) is 21.7 Å². The van der Waals surface area contributed by atoms with Crippen LogP contribution in [0.25, 0.3) is 0 Å². The summed E-state index contributed by atoms with van der Waals surface area (Å²) in [6.45, 7) is 17.9. The zero-order chi connectivity index (χ0) is 9.15. The fourth-order valence-corrected chi connectivity index (χ4v) is 5.00. The minimum atomic E-state index is 0.395. The highest BCUT2D eigenvalue weighted by molar-refractivity contribution is 5.75. The van der Waals surface area contributed by atoms with Gasteiger partial charge in [-0.25, -0.2) is 0 Å². The quantitative estimate of drug-likeness (QED) is 0.510. The lowest BCUT2D eigenvalue weighted by atomic mass is 9.79. The standard InChI is InChI=1S/C12H16/c1-7-8(2)10(4)11(5)9(7,3)12(10,11)6/h1-2H2,3-6H3. The Bertz CT molecular complexity index is 312. The highest BCUT2D eigenvalue weighted by Gasteiger charge is 3.09. The molecule has 0 heteroatoms. The van der Waals surface area contributed by atoms with Crippen molar-refractivity contribution in [3.8, 4) is 0 Å². The normalized spacial score (nSPS) is 71.3. The van der Waals surface area contributed by atoms with E-state index in [9.17, 15) is 0 Å². The Morgan fingerprint density at radius 1 is 0.750 bits per heavy atom. The van der Waals surface area contributed by atoms with Gasteiger partial charge in [-0.3, -0.25) is 0 Å². The molecule has 0 atom stereocenters. The largest absolute Gasteiger partial charge is 0.0950 e. The maximum absolute atomic E-state index is 4.19. The zero-order valence-corrected chi connectivity index (χ0v) is 8.41. The summed E-state index contributed by atoms with van der Waals surface area (Å²) in [7, 11) is 0. The molecule has 0 radical (unpaired) electrons. The molecular formula is C12H16. The van der Waals surface area contributed by atoms with Gasteiger partial charge in [-0.05, 0) is 22.0 Å². The predicted molar refractivity (Wildman–Crippen MR) is 50.7 cm³/mol. The minimum absolute atomic E-state index is 0.395. The summed E-state index contributed by atoms with van der Waals surface area (Å²) in [5.41, 5.74) is 4.45. The maximum atomic E-state index is 4.19. The van der Waals surface area contributed by atoms with E-state index in [1.807, 2.05) is 0 Å². The van der Waals surface area contributed by atoms with Crippen molar-refractivity contribution >= 4 is 0 Å². The summed E-state index contributed by atoms with van der Waals surface area (Å²) in [5, 5.41) is 0. The number of allylic oxidation sites excluding steroid dienone is 2. The van der Waals surface area contributed by atoms with Gasteiger partial charge < -0.3 is 0 Å². The van der Waals surface area contributed by atoms with E-state index in [2.05, 4.69) is 40.9 Å². The first-order chi connectivity index (χ1) is 5.32. The molecule has 0 heterocycles. The third kappa shape index (κ3) is 0.214. The van der Waals surface area contributed by atoms with Crippen LogP contribution in [0.1, 0.15) is 27.7 Å². The summed E-state index contributed by atoms with van der Waals surface area (Å²) in [5.74, 6) is 0. The fraction of sp³-hybridized carbons (Fsp3) is 0.667. The van der Waals surface area contributed by atoms with Crippen molar-refractivity contribution in [2.24, 2.45) is 21.7 Å². The van der Waals surface area contributed by atoms with E-state index in [4.69, 9.17) is 0 Å². The first kappa shape index (κ1) is 6.94. The lowest BCUT2D eigenvalue weighted by Gasteiger charge is -2.23. The van der Waals surface area contributed by atoms with Gasteiger partial charge in [0.1, 0.15) is 0 Å². The molecule has 4 aliphatic carbocycles. The molecule has 4 saturated carbocycles. The van der Waals surface area contributed by atoms with Crippen molar-refractivity contribution in [3.05, 3.63) is 24.3 Å². The highest BCUT2D eigenvalue weighted by Crippen LogP contribution is 3.13. The SMILES string of the molecule is C=C1C(=C)C2(C)C3(C)C1(C)C23C. The topological polar surface area (TPSA) is 0 Å². The molecule has 0 aromatic rings. The number of rotatable bonds is 0. The smallest absolute Gasteiger partial charge is 0.00580 e. The molecule has 0 amide bonds. The van der Waals surface area contributed by atoms with Gasteiger partial charge in [0.2, 0.25) is 0 Å². The molecule has 12 heavy (non-hydrogen) atoms. The monoisotopic (exact) mass is 160 g/mol. The second-order valence-electron chi connectivity index (χ2n) is 5.46. The molecule has 0 unspecified atom stereocenters. The molecule has 0 nitrogen and oxygen atoms in total. The van der Waals surface area contributed by atoms with Crippen molar-refractivity contribution in [2.45, 2.75) is 27.7 Å². The van der Waals surface area contributed by atoms with Crippen LogP contribution in [0.2, 0.25) is 0 Å². The van der Waals surface area contributed by atoms with E-state index in [-0.39, 0.29) is 0 Å². The van der Waals surface area contributed by atoms with Crippen molar-refractivity contribution in [3.63, 3.8) is 0 Å². The summed E-state index contributed by atoms with van der Waals surface area (Å²) < 4.78 is 0. The summed E-state index contributed by atoms with van der Waals surface area (Å²) in [6, 6.07) is 0. The van der Waals surface area contributed by atoms with Gasteiger partial charge >= 0.3 is 0 Å². The van der Waals surface area contributed by atoms with Gasteiger partial charge in [-0.2, -0.15) is 0 Å². The van der Waals surface area contributed by atoms with Crippen molar-refractivity contribution in [1.82, 2.24) is 0 Å². The Morgan fingerprint density at radius 3 is 1.08 bits per heavy atom. The van der Waals surface area contributed by atoms with E-state index in [0.29, 0.717) is 21.7 Å². The molecule has 0 aliphatic heterocycles. The van der Waals surface area contributed by atoms with Crippen molar-refractivity contribution in [1.29, 1.82) is 0 Å². The molecule has 0 N–H and O–H groups in total. The van der Waals surface area contributed by atoms with E-state index >= 15 is 0 Å². The van der Waals surface area contributed by atoms with E-state index < -0.39 is 0 Å². The van der Waals surface area contributed by atoms with Crippen LogP contribution in [-0.2, 0) is 0 Å². The van der Waals surface area contributed by atoms with E-state index in [1.54, 1.807) is 0 Å². The Hall–Kier alpha value is -0.520. The van der Waals surface area contributed by atoms with E-state index in [1.165, 1.54) is 11.1 Å².